The van der Waals surface area contributed by atoms with Gasteiger partial charge in [0, 0.05) is 18.5 Å². The fourth-order valence-electron chi connectivity index (χ4n) is 2.74. The van der Waals surface area contributed by atoms with E-state index in [1.807, 2.05) is 0 Å². The fraction of sp³-hybridized carbons (Fsp3) is 0.786. The summed E-state index contributed by atoms with van der Waals surface area (Å²) in [6.45, 7) is 3.01. The molecule has 108 valence electrons. The predicted molar refractivity (Wildman–Crippen MR) is 77.3 cm³/mol. The van der Waals surface area contributed by atoms with Crippen LogP contribution in [0.2, 0.25) is 5.15 Å². The number of nitrogens with one attached hydrogen (secondary N) is 2. The SMILES string of the molecule is CCCCc1nc(Cl)c(CNC2(CO)CCCC2)[nH]1. The van der Waals surface area contributed by atoms with Crippen molar-refractivity contribution in [1.82, 2.24) is 15.3 Å². The van der Waals surface area contributed by atoms with Gasteiger partial charge in [0.2, 0.25) is 0 Å². The van der Waals surface area contributed by atoms with Gasteiger partial charge in [-0.3, -0.25) is 0 Å². The standard InChI is InChI=1S/C14H24ClN3O/c1-2-3-6-12-17-11(13(15)18-12)9-16-14(10-19)7-4-5-8-14/h16,19H,2-10H2,1H3,(H,17,18). The Morgan fingerprint density at radius 1 is 1.42 bits per heavy atom. The predicted octanol–water partition coefficient (Wildman–Crippen LogP) is 2.80. The molecule has 0 saturated heterocycles. The summed E-state index contributed by atoms with van der Waals surface area (Å²) in [5.74, 6) is 0.966. The van der Waals surface area contributed by atoms with E-state index in [0.29, 0.717) is 11.7 Å². The zero-order chi connectivity index (χ0) is 13.7. The molecule has 5 heteroatoms. The molecule has 1 heterocycles. The zero-order valence-corrected chi connectivity index (χ0v) is 12.4. The average Bonchev–Trinajstić information content (AvgIpc) is 3.02. The first-order valence-corrected chi connectivity index (χ1v) is 7.66. The molecule has 3 N–H and O–H groups in total. The van der Waals surface area contributed by atoms with E-state index in [4.69, 9.17) is 11.6 Å². The highest BCUT2D eigenvalue weighted by atomic mass is 35.5. The summed E-state index contributed by atoms with van der Waals surface area (Å²) in [5.41, 5.74) is 0.824. The number of rotatable bonds is 7. The normalized spacial score (nSPS) is 18.1. The van der Waals surface area contributed by atoms with E-state index in [1.165, 1.54) is 12.8 Å². The molecule has 1 aliphatic carbocycles. The largest absolute Gasteiger partial charge is 0.394 e. The maximum absolute atomic E-state index is 9.56. The van der Waals surface area contributed by atoms with Crippen molar-refractivity contribution >= 4 is 11.6 Å². The molecular formula is C14H24ClN3O. The number of aliphatic hydroxyl groups is 1. The maximum atomic E-state index is 9.56. The minimum atomic E-state index is -0.113. The van der Waals surface area contributed by atoms with Crippen LogP contribution in [0.3, 0.4) is 0 Å². The van der Waals surface area contributed by atoms with Crippen LogP contribution >= 0.6 is 11.6 Å². The number of aliphatic hydroxyl groups excluding tert-OH is 1. The van der Waals surface area contributed by atoms with Crippen LogP contribution in [0.5, 0.6) is 0 Å². The van der Waals surface area contributed by atoms with Gasteiger partial charge in [0.25, 0.3) is 0 Å². The molecular weight excluding hydrogens is 262 g/mol. The third kappa shape index (κ3) is 3.71. The highest BCUT2D eigenvalue weighted by molar-refractivity contribution is 6.30. The smallest absolute Gasteiger partial charge is 0.151 e. The van der Waals surface area contributed by atoms with E-state index >= 15 is 0 Å². The lowest BCUT2D eigenvalue weighted by molar-refractivity contribution is 0.162. The molecule has 0 spiro atoms. The molecule has 19 heavy (non-hydrogen) atoms. The van der Waals surface area contributed by atoms with Crippen LogP contribution in [0.1, 0.15) is 57.0 Å². The van der Waals surface area contributed by atoms with Crippen molar-refractivity contribution in [3.63, 3.8) is 0 Å². The van der Waals surface area contributed by atoms with E-state index in [9.17, 15) is 5.11 Å². The van der Waals surface area contributed by atoms with Crippen molar-refractivity contribution in [2.45, 2.75) is 64.0 Å². The number of unbranched alkanes of at least 4 members (excludes halogenated alkanes) is 1. The van der Waals surface area contributed by atoms with Gasteiger partial charge in [0.05, 0.1) is 12.3 Å². The van der Waals surface area contributed by atoms with E-state index in [-0.39, 0.29) is 12.1 Å². The van der Waals surface area contributed by atoms with Gasteiger partial charge in [-0.05, 0) is 19.3 Å². The van der Waals surface area contributed by atoms with Gasteiger partial charge in [-0.2, -0.15) is 0 Å². The molecule has 4 nitrogen and oxygen atoms in total. The Morgan fingerprint density at radius 3 is 2.79 bits per heavy atom. The van der Waals surface area contributed by atoms with Gasteiger partial charge < -0.3 is 15.4 Å². The minimum Gasteiger partial charge on any atom is -0.394 e. The number of halogens is 1. The van der Waals surface area contributed by atoms with Crippen LogP contribution in [0.15, 0.2) is 0 Å². The molecule has 0 unspecified atom stereocenters. The highest BCUT2D eigenvalue weighted by Crippen LogP contribution is 2.29. The molecule has 0 aromatic carbocycles. The van der Waals surface area contributed by atoms with Crippen LogP contribution in [-0.4, -0.2) is 27.2 Å². The Labute approximate surface area is 120 Å². The summed E-state index contributed by atoms with van der Waals surface area (Å²) in [5, 5.41) is 13.6. The molecule has 1 aromatic rings. The molecule has 1 aliphatic rings. The molecule has 0 amide bonds. The minimum absolute atomic E-state index is 0.113. The Kier molecular flexibility index (Phi) is 5.25. The molecule has 1 fully saturated rings. The number of aromatic nitrogens is 2. The van der Waals surface area contributed by atoms with Gasteiger partial charge in [-0.15, -0.1) is 0 Å². The summed E-state index contributed by atoms with van der Waals surface area (Å²) in [6.07, 6.45) is 7.67. The topological polar surface area (TPSA) is 60.9 Å². The van der Waals surface area contributed by atoms with Crippen molar-refractivity contribution in [3.05, 3.63) is 16.7 Å². The molecule has 0 radical (unpaired) electrons. The Morgan fingerprint density at radius 2 is 2.16 bits per heavy atom. The summed E-state index contributed by atoms with van der Waals surface area (Å²) in [6, 6.07) is 0. The number of hydrogen-bond donors (Lipinski definition) is 3. The summed E-state index contributed by atoms with van der Waals surface area (Å²) in [7, 11) is 0. The second-order valence-corrected chi connectivity index (χ2v) is 5.91. The van der Waals surface area contributed by atoms with E-state index < -0.39 is 0 Å². The van der Waals surface area contributed by atoms with Gasteiger partial charge >= 0.3 is 0 Å². The number of nitrogens with zero attached hydrogens (tertiary/aromatic N) is 1. The first kappa shape index (κ1) is 14.8. The van der Waals surface area contributed by atoms with Crippen LogP contribution in [0.25, 0.3) is 0 Å². The second kappa shape index (κ2) is 6.73. The number of hydrogen-bond acceptors (Lipinski definition) is 3. The van der Waals surface area contributed by atoms with Crippen molar-refractivity contribution in [1.29, 1.82) is 0 Å². The van der Waals surface area contributed by atoms with Crippen molar-refractivity contribution in [3.8, 4) is 0 Å². The summed E-state index contributed by atoms with van der Waals surface area (Å²) >= 11 is 6.15. The molecule has 0 aliphatic heterocycles. The molecule has 1 saturated carbocycles. The van der Waals surface area contributed by atoms with Gasteiger partial charge in [0.15, 0.2) is 5.15 Å². The lowest BCUT2D eigenvalue weighted by Gasteiger charge is -2.27. The maximum Gasteiger partial charge on any atom is 0.151 e. The first-order valence-electron chi connectivity index (χ1n) is 7.28. The molecule has 2 rings (SSSR count). The Balaban J connectivity index is 1.93. The Bertz CT molecular complexity index is 399. The molecule has 0 bridgehead atoms. The van der Waals surface area contributed by atoms with Gasteiger partial charge in [-0.25, -0.2) is 4.98 Å². The number of aryl methyl sites for hydroxylation is 1. The number of H-pyrrole nitrogens is 1. The average molecular weight is 286 g/mol. The van der Waals surface area contributed by atoms with Crippen LogP contribution < -0.4 is 5.32 Å². The molecule has 0 atom stereocenters. The van der Waals surface area contributed by atoms with E-state index in [1.54, 1.807) is 0 Å². The zero-order valence-electron chi connectivity index (χ0n) is 11.6. The number of imidazole rings is 1. The monoisotopic (exact) mass is 285 g/mol. The van der Waals surface area contributed by atoms with Crippen LogP contribution in [0.4, 0.5) is 0 Å². The third-order valence-corrected chi connectivity index (χ3v) is 4.36. The number of aromatic amines is 1. The van der Waals surface area contributed by atoms with E-state index in [0.717, 1.165) is 43.6 Å². The van der Waals surface area contributed by atoms with Crippen molar-refractivity contribution in [2.75, 3.05) is 6.61 Å². The van der Waals surface area contributed by atoms with Crippen molar-refractivity contribution < 1.29 is 5.11 Å². The lowest BCUT2D eigenvalue weighted by atomic mass is 9.99. The van der Waals surface area contributed by atoms with Crippen LogP contribution in [-0.2, 0) is 13.0 Å². The quantitative estimate of drug-likeness (QED) is 0.722. The van der Waals surface area contributed by atoms with Gasteiger partial charge in [-0.1, -0.05) is 37.8 Å². The first-order chi connectivity index (χ1) is 9.19. The third-order valence-electron chi connectivity index (χ3n) is 4.05. The van der Waals surface area contributed by atoms with Gasteiger partial charge in [0.1, 0.15) is 5.82 Å². The lowest BCUT2D eigenvalue weighted by Crippen LogP contribution is -2.45. The fourth-order valence-corrected chi connectivity index (χ4v) is 2.95. The molecule has 1 aromatic heterocycles. The summed E-state index contributed by atoms with van der Waals surface area (Å²) < 4.78 is 0. The van der Waals surface area contributed by atoms with Crippen molar-refractivity contribution in [2.24, 2.45) is 0 Å². The second-order valence-electron chi connectivity index (χ2n) is 5.56. The summed E-state index contributed by atoms with van der Waals surface area (Å²) in [4.78, 5) is 7.64. The Hall–Kier alpha value is -0.580. The van der Waals surface area contributed by atoms with E-state index in [2.05, 4.69) is 22.2 Å². The van der Waals surface area contributed by atoms with Crippen LogP contribution in [0, 0.1) is 0 Å². The highest BCUT2D eigenvalue weighted by Gasteiger charge is 2.32.